The van der Waals surface area contributed by atoms with Crippen molar-refractivity contribution in [3.63, 3.8) is 0 Å². The van der Waals surface area contributed by atoms with Crippen molar-refractivity contribution in [1.82, 2.24) is 5.32 Å². The van der Waals surface area contributed by atoms with E-state index in [2.05, 4.69) is 10.1 Å². The Labute approximate surface area is 145 Å². The number of para-hydroxylation sites is 1. The summed E-state index contributed by atoms with van der Waals surface area (Å²) >= 11 is 0. The van der Waals surface area contributed by atoms with E-state index < -0.39 is 18.7 Å². The Bertz CT molecular complexity index is 586. The highest BCUT2D eigenvalue weighted by Crippen LogP contribution is 2.22. The molecule has 138 valence electrons. The number of hydrogen-bond donors (Lipinski definition) is 1. The predicted octanol–water partition coefficient (Wildman–Crippen LogP) is 3.67. The number of hydrogen-bond acceptors (Lipinski definition) is 4. The van der Waals surface area contributed by atoms with Crippen molar-refractivity contribution in [3.8, 4) is 5.75 Å². The van der Waals surface area contributed by atoms with Crippen molar-refractivity contribution in [2.45, 2.75) is 64.2 Å². The topological polar surface area (TPSA) is 64.6 Å². The number of carbonyl (C=O) groups excluding carboxylic acids is 2. The molecule has 1 amide bonds. The molecule has 1 aliphatic rings. The summed E-state index contributed by atoms with van der Waals surface area (Å²) in [4.78, 5) is 24.4. The third-order valence-corrected chi connectivity index (χ3v) is 4.18. The lowest BCUT2D eigenvalue weighted by molar-refractivity contribution is -0.130. The normalized spacial score (nSPS) is 16.8. The lowest BCUT2D eigenvalue weighted by atomic mass is 10.1. The monoisotopic (exact) mass is 355 g/mol. The molecule has 0 saturated heterocycles. The summed E-state index contributed by atoms with van der Waals surface area (Å²) in [7, 11) is 0. The van der Waals surface area contributed by atoms with Gasteiger partial charge in [0.05, 0.1) is 0 Å². The summed E-state index contributed by atoms with van der Waals surface area (Å²) in [6.45, 7) is -1.59. The van der Waals surface area contributed by atoms with E-state index >= 15 is 0 Å². The average molecular weight is 355 g/mol. The molecule has 0 bridgehead atoms. The minimum Gasteiger partial charge on any atom is -0.449 e. The van der Waals surface area contributed by atoms with Crippen molar-refractivity contribution in [3.05, 3.63) is 29.8 Å². The second-order valence-electron chi connectivity index (χ2n) is 6.12. The lowest BCUT2D eigenvalue weighted by Gasteiger charge is -2.20. The number of esters is 1. The molecule has 0 heterocycles. The van der Waals surface area contributed by atoms with Gasteiger partial charge in [0.15, 0.2) is 6.10 Å². The van der Waals surface area contributed by atoms with Crippen LogP contribution in [0.2, 0.25) is 0 Å². The van der Waals surface area contributed by atoms with E-state index in [1.165, 1.54) is 31.2 Å². The minimum atomic E-state index is -3.05. The molecule has 7 heteroatoms. The third-order valence-electron chi connectivity index (χ3n) is 4.18. The van der Waals surface area contributed by atoms with Crippen LogP contribution in [0, 0.1) is 0 Å². The second kappa shape index (κ2) is 9.34. The molecule has 1 fully saturated rings. The Morgan fingerprint density at radius 2 is 1.76 bits per heavy atom. The van der Waals surface area contributed by atoms with Crippen molar-refractivity contribution in [1.29, 1.82) is 0 Å². The van der Waals surface area contributed by atoms with E-state index in [0.717, 1.165) is 38.5 Å². The maximum absolute atomic E-state index is 12.4. The van der Waals surface area contributed by atoms with Crippen molar-refractivity contribution < 1.29 is 27.8 Å². The summed E-state index contributed by atoms with van der Waals surface area (Å²) in [6, 6.07) is 5.63. The Kier molecular flexibility index (Phi) is 7.16. The Hall–Kier alpha value is -2.18. The number of benzene rings is 1. The van der Waals surface area contributed by atoms with E-state index in [4.69, 9.17) is 4.74 Å². The molecule has 1 aromatic rings. The first-order valence-electron chi connectivity index (χ1n) is 8.52. The van der Waals surface area contributed by atoms with E-state index in [1.807, 2.05) is 0 Å². The van der Waals surface area contributed by atoms with Crippen LogP contribution in [0.4, 0.5) is 8.78 Å². The van der Waals surface area contributed by atoms with Gasteiger partial charge < -0.3 is 14.8 Å². The van der Waals surface area contributed by atoms with Gasteiger partial charge in [0, 0.05) is 6.04 Å². The van der Waals surface area contributed by atoms with Crippen molar-refractivity contribution in [2.75, 3.05) is 0 Å². The van der Waals surface area contributed by atoms with Gasteiger partial charge in [-0.15, -0.1) is 0 Å². The summed E-state index contributed by atoms with van der Waals surface area (Å²) in [5.41, 5.74) is -0.142. The highest BCUT2D eigenvalue weighted by atomic mass is 19.3. The van der Waals surface area contributed by atoms with E-state index in [0.29, 0.717) is 0 Å². The number of ether oxygens (including phenoxy) is 2. The number of alkyl halides is 2. The van der Waals surface area contributed by atoms with Gasteiger partial charge in [-0.2, -0.15) is 8.78 Å². The van der Waals surface area contributed by atoms with Crippen LogP contribution in [0.5, 0.6) is 5.75 Å². The second-order valence-corrected chi connectivity index (χ2v) is 6.12. The highest BCUT2D eigenvalue weighted by Gasteiger charge is 2.24. The molecule has 0 spiro atoms. The number of carbonyl (C=O) groups is 2. The summed E-state index contributed by atoms with van der Waals surface area (Å²) in [5, 5.41) is 2.89. The lowest BCUT2D eigenvalue weighted by Crippen LogP contribution is -2.41. The largest absolute Gasteiger partial charge is 0.449 e. The van der Waals surface area contributed by atoms with Crippen LogP contribution >= 0.6 is 0 Å². The molecule has 25 heavy (non-hydrogen) atoms. The molecule has 1 atom stereocenters. The van der Waals surface area contributed by atoms with Gasteiger partial charge in [0.1, 0.15) is 11.3 Å². The fraction of sp³-hybridized carbons (Fsp3) is 0.556. The van der Waals surface area contributed by atoms with Gasteiger partial charge in [-0.3, -0.25) is 4.79 Å². The van der Waals surface area contributed by atoms with Gasteiger partial charge in [0.2, 0.25) is 0 Å². The molecule has 0 unspecified atom stereocenters. The number of nitrogens with one attached hydrogen (secondary N) is 1. The standard InChI is InChI=1S/C18H23F2NO4/c1-12(16(22)21-13-8-4-2-3-5-9-13)24-17(23)14-10-6-7-11-15(14)25-18(19)20/h6-7,10-13,18H,2-5,8-9H2,1H3,(H,21,22)/t12-/m1/s1. The molecular formula is C18H23F2NO4. The average Bonchev–Trinajstić information content (AvgIpc) is 2.83. The zero-order chi connectivity index (χ0) is 18.2. The number of rotatable bonds is 6. The number of amides is 1. The van der Waals surface area contributed by atoms with Gasteiger partial charge in [-0.05, 0) is 31.9 Å². The van der Waals surface area contributed by atoms with Gasteiger partial charge >= 0.3 is 12.6 Å². The quantitative estimate of drug-likeness (QED) is 0.625. The first kappa shape index (κ1) is 19.1. The van der Waals surface area contributed by atoms with Crippen LogP contribution in [0.3, 0.4) is 0 Å². The SMILES string of the molecule is C[C@@H](OC(=O)c1ccccc1OC(F)F)C(=O)NC1CCCCCC1. The maximum atomic E-state index is 12.4. The first-order chi connectivity index (χ1) is 12.0. The highest BCUT2D eigenvalue weighted by molar-refractivity contribution is 5.94. The molecular weight excluding hydrogens is 332 g/mol. The summed E-state index contributed by atoms with van der Waals surface area (Å²) in [5.74, 6) is -1.54. The molecule has 0 aliphatic heterocycles. The molecule has 1 aromatic carbocycles. The van der Waals surface area contributed by atoms with Gasteiger partial charge in [-0.25, -0.2) is 4.79 Å². The minimum absolute atomic E-state index is 0.0885. The Morgan fingerprint density at radius 3 is 2.40 bits per heavy atom. The van der Waals surface area contributed by atoms with Crippen LogP contribution in [-0.2, 0) is 9.53 Å². The molecule has 1 saturated carbocycles. The summed E-state index contributed by atoms with van der Waals surface area (Å²) < 4.78 is 34.2. The first-order valence-corrected chi connectivity index (χ1v) is 8.52. The molecule has 0 aromatic heterocycles. The Balaban J connectivity index is 1.94. The van der Waals surface area contributed by atoms with Crippen molar-refractivity contribution in [2.24, 2.45) is 0 Å². The number of halogens is 2. The fourth-order valence-corrected chi connectivity index (χ4v) is 2.85. The van der Waals surface area contributed by atoms with Crippen LogP contribution < -0.4 is 10.1 Å². The predicted molar refractivity (Wildman–Crippen MR) is 87.6 cm³/mol. The molecule has 1 N–H and O–H groups in total. The third kappa shape index (κ3) is 5.99. The summed E-state index contributed by atoms with van der Waals surface area (Å²) in [6.07, 6.45) is 5.27. The zero-order valence-corrected chi connectivity index (χ0v) is 14.2. The zero-order valence-electron chi connectivity index (χ0n) is 14.2. The van der Waals surface area contributed by atoms with Crippen LogP contribution in [0.15, 0.2) is 24.3 Å². The molecule has 2 rings (SSSR count). The molecule has 5 nitrogen and oxygen atoms in total. The van der Waals surface area contributed by atoms with Crippen LogP contribution in [0.25, 0.3) is 0 Å². The van der Waals surface area contributed by atoms with Crippen molar-refractivity contribution >= 4 is 11.9 Å². The van der Waals surface area contributed by atoms with Gasteiger partial charge in [0.25, 0.3) is 5.91 Å². The maximum Gasteiger partial charge on any atom is 0.387 e. The molecule has 0 radical (unpaired) electrons. The van der Waals surface area contributed by atoms with E-state index in [-0.39, 0.29) is 23.3 Å². The smallest absolute Gasteiger partial charge is 0.387 e. The van der Waals surface area contributed by atoms with Crippen LogP contribution in [0.1, 0.15) is 55.8 Å². The fourth-order valence-electron chi connectivity index (χ4n) is 2.85. The van der Waals surface area contributed by atoms with Gasteiger partial charge in [-0.1, -0.05) is 37.8 Å². The molecule has 1 aliphatic carbocycles. The van der Waals surface area contributed by atoms with E-state index in [9.17, 15) is 18.4 Å². The van der Waals surface area contributed by atoms with E-state index in [1.54, 1.807) is 0 Å². The van der Waals surface area contributed by atoms with Crippen LogP contribution in [-0.4, -0.2) is 30.6 Å². The Morgan fingerprint density at radius 1 is 1.12 bits per heavy atom.